The number of rotatable bonds is 10. The average Bonchev–Trinajstić information content (AvgIpc) is 2.26. The van der Waals surface area contributed by atoms with Crippen LogP contribution in [0.5, 0.6) is 0 Å². The van der Waals surface area contributed by atoms with Crippen molar-refractivity contribution in [2.24, 2.45) is 0 Å². The molecule has 0 saturated heterocycles. The lowest BCUT2D eigenvalue weighted by atomic mass is 10.2. The van der Waals surface area contributed by atoms with Crippen LogP contribution in [0.3, 0.4) is 0 Å². The first kappa shape index (κ1) is 15.7. The van der Waals surface area contributed by atoms with Gasteiger partial charge >= 0.3 is 0 Å². The van der Waals surface area contributed by atoms with E-state index >= 15 is 0 Å². The summed E-state index contributed by atoms with van der Waals surface area (Å²) >= 11 is 1.50. The van der Waals surface area contributed by atoms with Gasteiger partial charge in [0.05, 0.1) is 12.2 Å². The first-order valence-electron chi connectivity index (χ1n) is 6.12. The van der Waals surface area contributed by atoms with Crippen molar-refractivity contribution in [3.8, 4) is 0 Å². The maximum atomic E-state index is 7.08. The van der Waals surface area contributed by atoms with Gasteiger partial charge in [-0.2, -0.15) is 0 Å². The van der Waals surface area contributed by atoms with Gasteiger partial charge in [-0.1, -0.05) is 43.5 Å². The molecule has 0 amide bonds. The van der Waals surface area contributed by atoms with Gasteiger partial charge in [-0.15, -0.1) is 0 Å². The molecule has 1 N–H and O–H groups in total. The number of thioether (sulfide) groups is 1. The molecule has 0 rings (SSSR count). The Labute approximate surface area is 104 Å². The Bertz CT molecular complexity index is 210. The fourth-order valence-corrected chi connectivity index (χ4v) is 1.97. The van der Waals surface area contributed by atoms with Gasteiger partial charge in [-0.3, -0.25) is 0 Å². The summed E-state index contributed by atoms with van der Waals surface area (Å²) in [5, 5.41) is 7.08. The Balaban J connectivity index is 3.49. The zero-order chi connectivity index (χ0) is 12.2. The summed E-state index contributed by atoms with van der Waals surface area (Å²) < 4.78 is 5.58. The highest BCUT2D eigenvalue weighted by molar-refractivity contribution is 8.15. The lowest BCUT2D eigenvalue weighted by molar-refractivity contribution is 0.134. The molecular weight excluding hydrogens is 218 g/mol. The molecule has 0 heterocycles. The van der Waals surface area contributed by atoms with Crippen LogP contribution in [0, 0.1) is 5.41 Å². The van der Waals surface area contributed by atoms with Crippen molar-refractivity contribution >= 4 is 17.3 Å². The minimum Gasteiger partial charge on any atom is -0.381 e. The summed E-state index contributed by atoms with van der Waals surface area (Å²) in [6.07, 6.45) is 5.98. The summed E-state index contributed by atoms with van der Waals surface area (Å²) in [5.41, 5.74) is 2.69. The quantitative estimate of drug-likeness (QED) is 0.345. The van der Waals surface area contributed by atoms with Crippen LogP contribution in [0.4, 0.5) is 0 Å². The number of allylic oxidation sites excluding steroid dienone is 1. The van der Waals surface area contributed by atoms with Crippen molar-refractivity contribution in [2.45, 2.75) is 52.9 Å². The number of ether oxygens (including phenoxy) is 1. The fourth-order valence-electron chi connectivity index (χ4n) is 1.40. The van der Waals surface area contributed by atoms with Crippen molar-refractivity contribution in [1.82, 2.24) is 0 Å². The SMILES string of the molecule is CCCCCCOCCC(SC=N)=C(C)C. The summed E-state index contributed by atoms with van der Waals surface area (Å²) in [6, 6.07) is 0. The molecule has 0 aromatic heterocycles. The maximum absolute atomic E-state index is 7.08. The van der Waals surface area contributed by atoms with Crippen molar-refractivity contribution < 1.29 is 4.74 Å². The molecule has 0 bridgehead atoms. The van der Waals surface area contributed by atoms with Gasteiger partial charge in [0.25, 0.3) is 0 Å². The monoisotopic (exact) mass is 243 g/mol. The van der Waals surface area contributed by atoms with Crippen LogP contribution in [0.1, 0.15) is 52.9 Å². The highest BCUT2D eigenvalue weighted by Gasteiger charge is 1.99. The largest absolute Gasteiger partial charge is 0.381 e. The molecular formula is C13H25NOS. The summed E-state index contributed by atoms with van der Waals surface area (Å²) in [6.45, 7) is 8.06. The van der Waals surface area contributed by atoms with E-state index in [1.807, 2.05) is 0 Å². The van der Waals surface area contributed by atoms with E-state index in [1.54, 1.807) is 0 Å². The van der Waals surface area contributed by atoms with Crippen LogP contribution in [0.25, 0.3) is 0 Å². The fraction of sp³-hybridized carbons (Fsp3) is 0.769. The molecule has 94 valence electrons. The van der Waals surface area contributed by atoms with Gasteiger partial charge in [0.1, 0.15) is 0 Å². The van der Waals surface area contributed by atoms with Gasteiger partial charge in [-0.25, -0.2) is 0 Å². The Morgan fingerprint density at radius 3 is 2.50 bits per heavy atom. The van der Waals surface area contributed by atoms with Crippen LogP contribution in [-0.2, 0) is 4.74 Å². The molecule has 2 nitrogen and oxygen atoms in total. The van der Waals surface area contributed by atoms with E-state index in [4.69, 9.17) is 10.1 Å². The molecule has 0 aliphatic rings. The topological polar surface area (TPSA) is 33.1 Å². The number of hydrogen-bond donors (Lipinski definition) is 1. The van der Waals surface area contributed by atoms with Gasteiger partial charge in [0.15, 0.2) is 0 Å². The minimum absolute atomic E-state index is 0.785. The Morgan fingerprint density at radius 2 is 1.94 bits per heavy atom. The van der Waals surface area contributed by atoms with E-state index in [9.17, 15) is 0 Å². The van der Waals surface area contributed by atoms with Crippen molar-refractivity contribution in [3.63, 3.8) is 0 Å². The Kier molecular flexibility index (Phi) is 11.0. The highest BCUT2D eigenvalue weighted by atomic mass is 32.2. The zero-order valence-electron chi connectivity index (χ0n) is 10.8. The molecule has 3 heteroatoms. The third-order valence-corrected chi connectivity index (χ3v) is 3.39. The van der Waals surface area contributed by atoms with Crippen LogP contribution in [0.15, 0.2) is 10.5 Å². The van der Waals surface area contributed by atoms with Crippen molar-refractivity contribution in [1.29, 1.82) is 5.41 Å². The second-order valence-corrected chi connectivity index (χ2v) is 5.05. The third-order valence-electron chi connectivity index (χ3n) is 2.37. The third kappa shape index (κ3) is 8.98. The van der Waals surface area contributed by atoms with E-state index in [1.165, 1.54) is 53.5 Å². The molecule has 0 aromatic carbocycles. The highest BCUT2D eigenvalue weighted by Crippen LogP contribution is 2.20. The van der Waals surface area contributed by atoms with E-state index in [2.05, 4.69) is 20.8 Å². The van der Waals surface area contributed by atoms with Crippen molar-refractivity contribution in [2.75, 3.05) is 13.2 Å². The standard InChI is InChI=1S/C13H25NOS/c1-4-5-6-7-9-15-10-8-13(12(2)3)16-11-14/h11,14H,4-10H2,1-3H3. The molecule has 0 unspecified atom stereocenters. The Morgan fingerprint density at radius 1 is 1.19 bits per heavy atom. The van der Waals surface area contributed by atoms with Crippen LogP contribution < -0.4 is 0 Å². The molecule has 0 saturated carbocycles. The normalized spacial score (nSPS) is 10.2. The smallest absolute Gasteiger partial charge is 0.0551 e. The predicted octanol–water partition coefficient (Wildman–Crippen LogP) is 4.61. The van der Waals surface area contributed by atoms with Gasteiger partial charge in [0.2, 0.25) is 0 Å². The second-order valence-electron chi connectivity index (χ2n) is 4.08. The maximum Gasteiger partial charge on any atom is 0.0551 e. The molecule has 16 heavy (non-hydrogen) atoms. The second kappa shape index (κ2) is 11.2. The van der Waals surface area contributed by atoms with E-state index in [0.717, 1.165) is 19.6 Å². The molecule has 0 aromatic rings. The average molecular weight is 243 g/mol. The molecule has 0 aliphatic carbocycles. The lowest BCUT2D eigenvalue weighted by Gasteiger charge is -2.07. The molecule has 0 radical (unpaired) electrons. The summed E-state index contributed by atoms with van der Waals surface area (Å²) in [5.74, 6) is 0. The van der Waals surface area contributed by atoms with Crippen molar-refractivity contribution in [3.05, 3.63) is 10.5 Å². The van der Waals surface area contributed by atoms with Gasteiger partial charge < -0.3 is 10.1 Å². The van der Waals surface area contributed by atoms with Crippen LogP contribution in [-0.4, -0.2) is 18.8 Å². The number of hydrogen-bond acceptors (Lipinski definition) is 3. The molecule has 0 atom stereocenters. The summed E-state index contributed by atoms with van der Waals surface area (Å²) in [7, 11) is 0. The number of unbranched alkanes of at least 4 members (excludes halogenated alkanes) is 3. The number of nitrogens with one attached hydrogen (secondary N) is 1. The lowest BCUT2D eigenvalue weighted by Crippen LogP contribution is -1.98. The first-order chi connectivity index (χ1) is 7.72. The van der Waals surface area contributed by atoms with Crippen LogP contribution in [0.2, 0.25) is 0 Å². The van der Waals surface area contributed by atoms with E-state index in [0.29, 0.717) is 0 Å². The minimum atomic E-state index is 0.785. The summed E-state index contributed by atoms with van der Waals surface area (Å²) in [4.78, 5) is 1.27. The molecule has 0 aliphatic heterocycles. The van der Waals surface area contributed by atoms with Gasteiger partial charge in [-0.05, 0) is 25.2 Å². The first-order valence-corrected chi connectivity index (χ1v) is 7.00. The van der Waals surface area contributed by atoms with E-state index in [-0.39, 0.29) is 0 Å². The molecule has 0 spiro atoms. The Hall–Kier alpha value is -0.280. The predicted molar refractivity (Wildman–Crippen MR) is 74.3 cm³/mol. The van der Waals surface area contributed by atoms with Gasteiger partial charge in [0, 0.05) is 13.0 Å². The van der Waals surface area contributed by atoms with Crippen LogP contribution >= 0.6 is 11.8 Å². The van der Waals surface area contributed by atoms with E-state index < -0.39 is 0 Å². The molecule has 0 fully saturated rings. The zero-order valence-corrected chi connectivity index (χ0v) is 11.7.